The number of benzene rings is 2. The summed E-state index contributed by atoms with van der Waals surface area (Å²) in [6.45, 7) is 25.6. The smallest absolute Gasteiger partial charge is 0.850 e. The molecule has 0 saturated carbocycles. The fourth-order valence-corrected chi connectivity index (χ4v) is 2.87. The van der Waals surface area contributed by atoms with E-state index in [9.17, 15) is 15.3 Å². The molecule has 230 valence electrons. The van der Waals surface area contributed by atoms with E-state index in [1.165, 1.54) is 27.8 Å². The van der Waals surface area contributed by atoms with E-state index >= 15 is 0 Å². The maximum atomic E-state index is 10.1. The van der Waals surface area contributed by atoms with Gasteiger partial charge in [0.15, 0.2) is 0 Å². The molecule has 2 aromatic carbocycles. The minimum Gasteiger partial charge on any atom is -0.850 e. The summed E-state index contributed by atoms with van der Waals surface area (Å²) < 4.78 is 0. The van der Waals surface area contributed by atoms with E-state index in [-0.39, 0.29) is 27.1 Å². The van der Waals surface area contributed by atoms with E-state index in [0.717, 1.165) is 0 Å². The standard InChI is InChI=1S/C16H14.C10H15.3C4H9O.Ti/c1-3-9-15(10-4-1)13-7-8-14-16-11-5-2-6-12-16;1-7-6-10(4,5)9(3)8(7)2;3*1-4(2,3)5;/h1-14H;1-5H3;3*1-3H3;/q;4*-1;+4. The maximum Gasteiger partial charge on any atom is 4.00 e. The van der Waals surface area contributed by atoms with E-state index in [4.69, 9.17) is 0 Å². The molecule has 0 amide bonds. The van der Waals surface area contributed by atoms with Crippen LogP contribution < -0.4 is 15.3 Å². The third-order valence-electron chi connectivity index (χ3n) is 4.85. The summed E-state index contributed by atoms with van der Waals surface area (Å²) in [5.74, 6) is 0. The number of rotatable bonds is 3. The fraction of sp³-hybridized carbons (Fsp3) is 0.474. The van der Waals surface area contributed by atoms with Crippen LogP contribution in [0.15, 0.2) is 89.5 Å². The Morgan fingerprint density at radius 1 is 0.571 bits per heavy atom. The summed E-state index contributed by atoms with van der Waals surface area (Å²) in [6.07, 6.45) is 11.7. The van der Waals surface area contributed by atoms with Crippen molar-refractivity contribution in [1.29, 1.82) is 0 Å². The molecular weight excluding hydrogens is 552 g/mol. The first-order chi connectivity index (χ1) is 18.4. The molecule has 0 radical (unpaired) electrons. The Kier molecular flexibility index (Phi) is 22.0. The van der Waals surface area contributed by atoms with Gasteiger partial charge in [0.25, 0.3) is 0 Å². The second-order valence-corrected chi connectivity index (χ2v) is 13.5. The van der Waals surface area contributed by atoms with Gasteiger partial charge in [0.1, 0.15) is 0 Å². The summed E-state index contributed by atoms with van der Waals surface area (Å²) in [7, 11) is 0. The van der Waals surface area contributed by atoms with Gasteiger partial charge in [-0.05, 0) is 11.1 Å². The van der Waals surface area contributed by atoms with E-state index in [1.807, 2.05) is 36.4 Å². The zero-order chi connectivity index (χ0) is 32.5. The average Bonchev–Trinajstić information content (AvgIpc) is 2.96. The molecule has 3 nitrogen and oxygen atoms in total. The van der Waals surface area contributed by atoms with Crippen LogP contribution in [0.5, 0.6) is 0 Å². The van der Waals surface area contributed by atoms with E-state index < -0.39 is 16.8 Å². The van der Waals surface area contributed by atoms with Gasteiger partial charge in [0.05, 0.1) is 0 Å². The average molecular weight is 609 g/mol. The van der Waals surface area contributed by atoms with Gasteiger partial charge in [0, 0.05) is 0 Å². The van der Waals surface area contributed by atoms with Crippen LogP contribution >= 0.6 is 0 Å². The Hall–Kier alpha value is -2.01. The molecular formula is C38H56O3Ti. The van der Waals surface area contributed by atoms with E-state index in [0.29, 0.717) is 0 Å². The first-order valence-electron chi connectivity index (χ1n) is 14.3. The van der Waals surface area contributed by atoms with Crippen LogP contribution in [0.4, 0.5) is 0 Å². The minimum atomic E-state index is -0.750. The van der Waals surface area contributed by atoms with Crippen molar-refractivity contribution in [2.24, 2.45) is 5.41 Å². The molecule has 4 heteroatoms. The van der Waals surface area contributed by atoms with Crippen molar-refractivity contribution in [2.45, 2.75) is 114 Å². The summed E-state index contributed by atoms with van der Waals surface area (Å²) in [4.78, 5) is 0. The topological polar surface area (TPSA) is 69.2 Å². The Morgan fingerprint density at radius 2 is 0.833 bits per heavy atom. The van der Waals surface area contributed by atoms with Crippen molar-refractivity contribution in [3.05, 3.63) is 107 Å². The molecule has 0 N–H and O–H groups in total. The van der Waals surface area contributed by atoms with Gasteiger partial charge >= 0.3 is 21.7 Å². The van der Waals surface area contributed by atoms with Crippen molar-refractivity contribution in [3.63, 3.8) is 0 Å². The molecule has 1 aliphatic rings. The Balaban J connectivity index is -0.000000503. The maximum absolute atomic E-state index is 10.1. The van der Waals surface area contributed by atoms with Crippen LogP contribution in [-0.2, 0) is 21.7 Å². The summed E-state index contributed by atoms with van der Waals surface area (Å²) in [5, 5.41) is 30.3. The molecule has 0 aromatic heterocycles. The Morgan fingerprint density at radius 3 is 1.00 bits per heavy atom. The molecule has 42 heavy (non-hydrogen) atoms. The fourth-order valence-electron chi connectivity index (χ4n) is 2.87. The number of hydrogen-bond acceptors (Lipinski definition) is 3. The molecule has 0 aliphatic heterocycles. The van der Waals surface area contributed by atoms with Crippen molar-refractivity contribution in [3.8, 4) is 0 Å². The van der Waals surface area contributed by atoms with Crippen molar-refractivity contribution < 1.29 is 37.0 Å². The predicted molar refractivity (Wildman–Crippen MR) is 175 cm³/mol. The van der Waals surface area contributed by atoms with E-state index in [2.05, 4.69) is 89.3 Å². The van der Waals surface area contributed by atoms with Gasteiger partial charge in [-0.3, -0.25) is 6.08 Å². The molecule has 0 fully saturated rings. The number of allylic oxidation sites excluding steroid dienone is 6. The minimum absolute atomic E-state index is 0. The Labute approximate surface area is 274 Å². The second kappa shape index (κ2) is 20.8. The first-order valence-corrected chi connectivity index (χ1v) is 14.3. The SMILES string of the molecule is C(C=Cc1ccccc1)=Cc1ccccc1.CC(C)(C)[O-].CC(C)(C)[O-].CC(C)(C)[O-].CC1=[C-]C(C)(C)C(C)=C1C.[Ti+4]. The summed E-state index contributed by atoms with van der Waals surface area (Å²) in [6, 6.07) is 20.6. The van der Waals surface area contributed by atoms with Crippen molar-refractivity contribution in [2.75, 3.05) is 0 Å². The second-order valence-electron chi connectivity index (χ2n) is 13.5. The van der Waals surface area contributed by atoms with Crippen LogP contribution in [0, 0.1) is 11.5 Å². The molecule has 3 rings (SSSR count). The number of hydrogen-bond donors (Lipinski definition) is 0. The molecule has 1 aliphatic carbocycles. The van der Waals surface area contributed by atoms with Crippen molar-refractivity contribution >= 4 is 12.2 Å². The first kappa shape index (κ1) is 44.4. The largest absolute Gasteiger partial charge is 4.00 e. The van der Waals surface area contributed by atoms with Gasteiger partial charge in [0.2, 0.25) is 0 Å². The summed E-state index contributed by atoms with van der Waals surface area (Å²) >= 11 is 0. The molecule has 0 spiro atoms. The van der Waals surface area contributed by atoms with Gasteiger partial charge in [-0.15, -0.1) is 23.7 Å². The van der Waals surface area contributed by atoms with Gasteiger partial charge in [-0.25, -0.2) is 5.57 Å². The predicted octanol–water partition coefficient (Wildman–Crippen LogP) is 7.96. The van der Waals surface area contributed by atoms with Crippen LogP contribution in [0.2, 0.25) is 0 Å². The van der Waals surface area contributed by atoms with Crippen molar-refractivity contribution in [1.82, 2.24) is 0 Å². The van der Waals surface area contributed by atoms with Gasteiger partial charge in [-0.1, -0.05) is 180 Å². The molecule has 0 atom stereocenters. The Bertz CT molecular complexity index is 993. The summed E-state index contributed by atoms with van der Waals surface area (Å²) in [5.41, 5.74) is 4.59. The third kappa shape index (κ3) is 32.5. The van der Waals surface area contributed by atoms with Gasteiger partial charge < -0.3 is 15.3 Å². The van der Waals surface area contributed by atoms with Crippen LogP contribution in [0.3, 0.4) is 0 Å². The molecule has 0 heterocycles. The molecule has 2 aromatic rings. The van der Waals surface area contributed by atoms with Crippen LogP contribution in [0.25, 0.3) is 12.2 Å². The zero-order valence-electron chi connectivity index (χ0n) is 28.8. The molecule has 0 bridgehead atoms. The molecule has 0 saturated heterocycles. The van der Waals surface area contributed by atoms with E-state index in [1.54, 1.807) is 62.3 Å². The normalized spacial score (nSPS) is 14.2. The molecule has 0 unspecified atom stereocenters. The van der Waals surface area contributed by atoms with Gasteiger partial charge in [-0.2, -0.15) is 11.1 Å². The monoisotopic (exact) mass is 608 g/mol. The third-order valence-corrected chi connectivity index (χ3v) is 4.85. The quantitative estimate of drug-likeness (QED) is 0.202. The van der Waals surface area contributed by atoms with Crippen LogP contribution in [0.1, 0.15) is 108 Å². The van der Waals surface area contributed by atoms with Crippen LogP contribution in [-0.4, -0.2) is 16.8 Å². The zero-order valence-corrected chi connectivity index (χ0v) is 30.4.